The third kappa shape index (κ3) is 4.68. The van der Waals surface area contributed by atoms with Gasteiger partial charge in [-0.2, -0.15) is 0 Å². The topological polar surface area (TPSA) is 71.5 Å². The first kappa shape index (κ1) is 21.2. The Labute approximate surface area is 179 Å². The Morgan fingerprint density at radius 1 is 1.32 bits per heavy atom. The van der Waals surface area contributed by atoms with Gasteiger partial charge in [-0.25, -0.2) is 13.8 Å². The van der Waals surface area contributed by atoms with E-state index in [2.05, 4.69) is 10.3 Å². The van der Waals surface area contributed by atoms with E-state index in [4.69, 9.17) is 4.74 Å². The number of fused-ring (bicyclic) bond motifs is 1. The summed E-state index contributed by atoms with van der Waals surface area (Å²) in [6.07, 6.45) is 1.66. The van der Waals surface area contributed by atoms with Crippen molar-refractivity contribution in [2.45, 2.75) is 52.1 Å². The van der Waals surface area contributed by atoms with Crippen molar-refractivity contribution in [2.24, 2.45) is 5.92 Å². The number of aromatic nitrogens is 1. The minimum atomic E-state index is -2.54. The van der Waals surface area contributed by atoms with E-state index in [1.807, 2.05) is 13.0 Å². The fraction of sp³-hybridized carbons (Fsp3) is 0.435. The maximum atomic E-state index is 13.0. The first-order valence-corrected chi connectivity index (χ1v) is 10.4. The number of carbonyl (C=O) groups is 2. The van der Waals surface area contributed by atoms with Crippen LogP contribution in [0, 0.1) is 12.8 Å². The number of nitrogens with zero attached hydrogens (tertiary/aromatic N) is 2. The van der Waals surface area contributed by atoms with Crippen molar-refractivity contribution in [3.8, 4) is 5.75 Å². The predicted octanol–water partition coefficient (Wildman–Crippen LogP) is 4.49. The zero-order chi connectivity index (χ0) is 22.1. The lowest BCUT2D eigenvalue weighted by Crippen LogP contribution is -2.27. The Morgan fingerprint density at radius 3 is 2.77 bits per heavy atom. The van der Waals surface area contributed by atoms with E-state index in [1.54, 1.807) is 30.0 Å². The summed E-state index contributed by atoms with van der Waals surface area (Å²) in [6, 6.07) is 6.71. The molecule has 1 aliphatic carbocycles. The third-order valence-electron chi connectivity index (χ3n) is 5.82. The van der Waals surface area contributed by atoms with Crippen molar-refractivity contribution in [2.75, 3.05) is 11.9 Å². The predicted molar refractivity (Wildman–Crippen MR) is 111 cm³/mol. The average Bonchev–Trinajstić information content (AvgIpc) is 3.47. The summed E-state index contributed by atoms with van der Waals surface area (Å²) in [5.74, 6) is 1.11. The van der Waals surface area contributed by atoms with E-state index in [1.165, 1.54) is 6.20 Å². The second kappa shape index (κ2) is 8.61. The molecule has 2 heterocycles. The summed E-state index contributed by atoms with van der Waals surface area (Å²) < 4.78 is 30.0. The first-order valence-electron chi connectivity index (χ1n) is 10.4. The Bertz CT molecular complexity index is 1010. The summed E-state index contributed by atoms with van der Waals surface area (Å²) in [5, 5.41) is 2.87. The Morgan fingerprint density at radius 2 is 2.10 bits per heavy atom. The largest absolute Gasteiger partial charge is 0.487 e. The minimum Gasteiger partial charge on any atom is -0.487 e. The van der Waals surface area contributed by atoms with Gasteiger partial charge in [0.1, 0.15) is 18.2 Å². The highest BCUT2D eigenvalue weighted by Gasteiger charge is 2.34. The molecule has 2 amide bonds. The molecule has 1 unspecified atom stereocenters. The van der Waals surface area contributed by atoms with Crippen LogP contribution in [0.4, 0.5) is 14.6 Å². The van der Waals surface area contributed by atoms with Crippen LogP contribution in [0.5, 0.6) is 5.75 Å². The number of alkyl halides is 2. The lowest BCUT2D eigenvalue weighted by atomic mass is 10.0. The number of anilines is 1. The second-order valence-corrected chi connectivity index (χ2v) is 8.22. The average molecular weight is 429 g/mol. The van der Waals surface area contributed by atoms with E-state index in [9.17, 15) is 18.4 Å². The van der Waals surface area contributed by atoms with E-state index >= 15 is 0 Å². The van der Waals surface area contributed by atoms with E-state index in [0.29, 0.717) is 36.0 Å². The quantitative estimate of drug-likeness (QED) is 0.671. The normalized spacial score (nSPS) is 16.4. The number of carbonyl (C=O) groups excluding carboxylic acids is 2. The molecule has 1 atom stereocenters. The molecule has 0 spiro atoms. The number of aryl methyl sites for hydroxylation is 1. The highest BCUT2D eigenvalue weighted by atomic mass is 19.3. The van der Waals surface area contributed by atoms with Gasteiger partial charge in [0.15, 0.2) is 0 Å². The molecule has 0 saturated heterocycles. The van der Waals surface area contributed by atoms with Gasteiger partial charge in [0.05, 0.1) is 12.6 Å². The first-order chi connectivity index (χ1) is 14.8. The van der Waals surface area contributed by atoms with E-state index in [0.717, 1.165) is 29.5 Å². The molecule has 1 saturated carbocycles. The molecule has 0 bridgehead atoms. The van der Waals surface area contributed by atoms with Gasteiger partial charge in [0.25, 0.3) is 12.3 Å². The van der Waals surface area contributed by atoms with E-state index in [-0.39, 0.29) is 17.9 Å². The van der Waals surface area contributed by atoms with Crippen molar-refractivity contribution in [1.29, 1.82) is 0 Å². The zero-order valence-corrected chi connectivity index (χ0v) is 17.5. The van der Waals surface area contributed by atoms with Gasteiger partial charge in [-0.05, 0) is 55.9 Å². The number of benzene rings is 1. The van der Waals surface area contributed by atoms with Crippen LogP contribution in [0.3, 0.4) is 0 Å². The van der Waals surface area contributed by atoms with Gasteiger partial charge in [-0.3, -0.25) is 9.59 Å². The Balaban J connectivity index is 1.49. The lowest BCUT2D eigenvalue weighted by molar-refractivity contribution is -0.116. The van der Waals surface area contributed by atoms with Gasteiger partial charge in [0.2, 0.25) is 5.91 Å². The van der Waals surface area contributed by atoms with Crippen LogP contribution in [0.25, 0.3) is 0 Å². The zero-order valence-electron chi connectivity index (χ0n) is 17.5. The Kier molecular flexibility index (Phi) is 5.89. The smallest absolute Gasteiger partial charge is 0.272 e. The third-order valence-corrected chi connectivity index (χ3v) is 5.82. The molecular formula is C23H25F2N3O3. The molecule has 8 heteroatoms. The summed E-state index contributed by atoms with van der Waals surface area (Å²) >= 11 is 0. The second-order valence-electron chi connectivity index (χ2n) is 8.22. The molecule has 4 rings (SSSR count). The van der Waals surface area contributed by atoms with Crippen molar-refractivity contribution < 1.29 is 23.1 Å². The van der Waals surface area contributed by atoms with Crippen LogP contribution in [0.15, 0.2) is 30.5 Å². The highest BCUT2D eigenvalue weighted by Crippen LogP contribution is 2.36. The SMILES string of the molecule is Cc1cc(C(C)N2Cc3c(ccnc3NC(=O)CC3CC3)C2=O)ccc1OCC(F)F. The molecule has 1 fully saturated rings. The number of amides is 2. The molecule has 2 aromatic rings. The molecule has 1 N–H and O–H groups in total. The standard InChI is InChI=1S/C23H25F2N3O3/c1-13-9-16(5-6-19(13)31-12-20(24)25)14(2)28-11-18-17(23(28)30)7-8-26-22(18)27-21(29)10-15-3-4-15/h5-9,14-15,20H,3-4,10-12H2,1-2H3,(H,26,27,29). The van der Waals surface area contributed by atoms with Gasteiger partial charge >= 0.3 is 0 Å². The maximum absolute atomic E-state index is 13.0. The van der Waals surface area contributed by atoms with Crippen molar-refractivity contribution in [1.82, 2.24) is 9.88 Å². The molecular weight excluding hydrogens is 404 g/mol. The number of hydrogen-bond acceptors (Lipinski definition) is 4. The lowest BCUT2D eigenvalue weighted by Gasteiger charge is -2.25. The number of ether oxygens (including phenoxy) is 1. The van der Waals surface area contributed by atoms with Crippen LogP contribution in [0.1, 0.15) is 59.3 Å². The number of halogens is 2. The molecule has 1 aliphatic heterocycles. The van der Waals surface area contributed by atoms with Crippen LogP contribution >= 0.6 is 0 Å². The summed E-state index contributed by atoms with van der Waals surface area (Å²) in [4.78, 5) is 31.3. The number of pyridine rings is 1. The highest BCUT2D eigenvalue weighted by molar-refractivity contribution is 6.01. The van der Waals surface area contributed by atoms with Gasteiger partial charge < -0.3 is 15.0 Å². The molecule has 6 nitrogen and oxygen atoms in total. The van der Waals surface area contributed by atoms with Crippen molar-refractivity contribution in [3.63, 3.8) is 0 Å². The Hall–Kier alpha value is -3.03. The number of rotatable bonds is 8. The van der Waals surface area contributed by atoms with Crippen LogP contribution in [-0.2, 0) is 11.3 Å². The summed E-state index contributed by atoms with van der Waals surface area (Å²) in [6.45, 7) is 3.38. The minimum absolute atomic E-state index is 0.0719. The van der Waals surface area contributed by atoms with Gasteiger partial charge in [-0.15, -0.1) is 0 Å². The van der Waals surface area contributed by atoms with Crippen LogP contribution in [0.2, 0.25) is 0 Å². The summed E-state index contributed by atoms with van der Waals surface area (Å²) in [5.41, 5.74) is 2.86. The molecule has 31 heavy (non-hydrogen) atoms. The monoisotopic (exact) mass is 429 g/mol. The van der Waals surface area contributed by atoms with Crippen molar-refractivity contribution in [3.05, 3.63) is 52.7 Å². The van der Waals surface area contributed by atoms with Crippen molar-refractivity contribution >= 4 is 17.6 Å². The molecule has 1 aromatic carbocycles. The number of hydrogen-bond donors (Lipinski definition) is 1. The van der Waals surface area contributed by atoms with Crippen LogP contribution in [-0.4, -0.2) is 34.7 Å². The van der Waals surface area contributed by atoms with Crippen LogP contribution < -0.4 is 10.1 Å². The van der Waals surface area contributed by atoms with Gasteiger partial charge in [0, 0.05) is 23.7 Å². The number of nitrogens with one attached hydrogen (secondary N) is 1. The van der Waals surface area contributed by atoms with E-state index < -0.39 is 13.0 Å². The van der Waals surface area contributed by atoms with Gasteiger partial charge in [-0.1, -0.05) is 12.1 Å². The maximum Gasteiger partial charge on any atom is 0.272 e. The molecule has 164 valence electrons. The molecule has 2 aliphatic rings. The fourth-order valence-corrected chi connectivity index (χ4v) is 3.86. The fourth-order valence-electron chi connectivity index (χ4n) is 3.86. The summed E-state index contributed by atoms with van der Waals surface area (Å²) in [7, 11) is 0. The molecule has 1 aromatic heterocycles. The molecule has 0 radical (unpaired) electrons.